The zero-order valence-corrected chi connectivity index (χ0v) is 18.9. The van der Waals surface area contributed by atoms with Gasteiger partial charge in [-0.1, -0.05) is 5.92 Å². The predicted molar refractivity (Wildman–Crippen MR) is 123 cm³/mol. The molecule has 0 spiro atoms. The number of anilines is 1. The van der Waals surface area contributed by atoms with E-state index in [1.54, 1.807) is 38.4 Å². The summed E-state index contributed by atoms with van der Waals surface area (Å²) in [6.07, 6.45) is 1.06. The van der Waals surface area contributed by atoms with Crippen molar-refractivity contribution in [1.82, 2.24) is 19.1 Å². The number of amides is 1. The second kappa shape index (κ2) is 8.86. The molecule has 0 aliphatic heterocycles. The second-order valence-corrected chi connectivity index (χ2v) is 8.05. The monoisotopic (exact) mass is 451 g/mol. The normalized spacial score (nSPS) is 13.0. The van der Waals surface area contributed by atoms with Crippen LogP contribution in [0.3, 0.4) is 0 Å². The summed E-state index contributed by atoms with van der Waals surface area (Å²) in [5.41, 5.74) is 0.423. The van der Waals surface area contributed by atoms with Crippen LogP contribution in [0.15, 0.2) is 33.9 Å². The summed E-state index contributed by atoms with van der Waals surface area (Å²) in [5.74, 6) is 6.40. The molecule has 1 saturated carbocycles. The Balaban J connectivity index is 1.51. The number of carbonyl (C=O) groups excluding carboxylic acids is 1. The summed E-state index contributed by atoms with van der Waals surface area (Å²) >= 11 is 0. The number of benzene rings is 1. The minimum atomic E-state index is -0.569. The first-order valence-corrected chi connectivity index (χ1v) is 10.6. The summed E-state index contributed by atoms with van der Waals surface area (Å²) in [6.45, 7) is 3.56. The van der Waals surface area contributed by atoms with Gasteiger partial charge >= 0.3 is 11.8 Å². The molecule has 0 saturated heterocycles. The van der Waals surface area contributed by atoms with Crippen LogP contribution in [0.4, 0.5) is 10.5 Å². The summed E-state index contributed by atoms with van der Waals surface area (Å²) in [6, 6.07) is 6.73. The van der Waals surface area contributed by atoms with E-state index in [2.05, 4.69) is 21.8 Å². The van der Waals surface area contributed by atoms with Crippen molar-refractivity contribution >= 4 is 22.9 Å². The summed E-state index contributed by atoms with van der Waals surface area (Å²) in [7, 11) is 3.16. The number of carbonyl (C=O) groups is 1. The lowest BCUT2D eigenvalue weighted by Gasteiger charge is -2.16. The van der Waals surface area contributed by atoms with Crippen molar-refractivity contribution in [2.24, 2.45) is 0 Å². The number of aromatic amines is 1. The predicted octanol–water partition coefficient (Wildman–Crippen LogP) is 2.44. The van der Waals surface area contributed by atoms with E-state index in [9.17, 15) is 14.4 Å². The average molecular weight is 451 g/mol. The number of imidazole rings is 1. The highest BCUT2D eigenvalue weighted by Crippen LogP contribution is 2.32. The van der Waals surface area contributed by atoms with E-state index < -0.39 is 6.09 Å². The molecule has 172 valence electrons. The highest BCUT2D eigenvalue weighted by atomic mass is 16.6. The fourth-order valence-electron chi connectivity index (χ4n) is 3.51. The SMILES string of the molecule is COc1ccc(N(C)C(=O)OCC#Cc2nc3c([nH]2)c(=O)n(C2CC2)c(=O)n3C(C)C)cc1. The third-order valence-electron chi connectivity index (χ3n) is 5.39. The fraction of sp³-hybridized carbons (Fsp3) is 0.391. The molecular formula is C23H25N5O5. The van der Waals surface area contributed by atoms with Crippen LogP contribution in [0.5, 0.6) is 5.75 Å². The Kier molecular flexibility index (Phi) is 5.96. The van der Waals surface area contributed by atoms with E-state index in [1.807, 2.05) is 13.8 Å². The maximum absolute atomic E-state index is 12.9. The van der Waals surface area contributed by atoms with Crippen molar-refractivity contribution in [2.75, 3.05) is 25.7 Å². The molecule has 0 atom stereocenters. The highest BCUT2D eigenvalue weighted by Gasteiger charge is 2.30. The molecule has 10 heteroatoms. The van der Waals surface area contributed by atoms with E-state index in [1.165, 1.54) is 14.0 Å². The largest absolute Gasteiger partial charge is 0.497 e. The second-order valence-electron chi connectivity index (χ2n) is 8.05. The number of hydrogen-bond donors (Lipinski definition) is 1. The number of hydrogen-bond acceptors (Lipinski definition) is 6. The van der Waals surface area contributed by atoms with E-state index in [0.29, 0.717) is 11.4 Å². The molecule has 1 amide bonds. The van der Waals surface area contributed by atoms with Gasteiger partial charge in [-0.05, 0) is 56.9 Å². The lowest BCUT2D eigenvalue weighted by Crippen LogP contribution is -2.40. The molecule has 0 radical (unpaired) electrons. The summed E-state index contributed by atoms with van der Waals surface area (Å²) < 4.78 is 13.1. The minimum absolute atomic E-state index is 0.0562. The molecule has 4 rings (SSSR count). The van der Waals surface area contributed by atoms with Crippen molar-refractivity contribution < 1.29 is 14.3 Å². The highest BCUT2D eigenvalue weighted by molar-refractivity contribution is 5.87. The molecular weight excluding hydrogens is 426 g/mol. The van der Waals surface area contributed by atoms with E-state index >= 15 is 0 Å². The molecule has 10 nitrogen and oxygen atoms in total. The molecule has 1 aliphatic carbocycles. The standard InChI is InChI=1S/C23H25N5O5/c1-14(2)27-20-19(21(29)28(22(27)30)16-7-8-16)24-18(25-20)6-5-13-33-23(31)26(3)15-9-11-17(32-4)12-10-15/h9-12,14,16H,7-8,13H2,1-4H3,(H,24,25). The maximum Gasteiger partial charge on any atom is 0.414 e. The first kappa shape index (κ1) is 22.2. The number of nitrogens with one attached hydrogen (secondary N) is 1. The molecule has 1 N–H and O–H groups in total. The molecule has 2 heterocycles. The van der Waals surface area contributed by atoms with Crippen molar-refractivity contribution in [1.29, 1.82) is 0 Å². The van der Waals surface area contributed by atoms with Crippen molar-refractivity contribution in [3.8, 4) is 17.6 Å². The number of aromatic nitrogens is 4. The van der Waals surface area contributed by atoms with Crippen LogP contribution in [0.2, 0.25) is 0 Å². The van der Waals surface area contributed by atoms with E-state index in [-0.39, 0.29) is 46.9 Å². The zero-order valence-electron chi connectivity index (χ0n) is 18.9. The number of nitrogens with zero attached hydrogens (tertiary/aromatic N) is 4. The van der Waals surface area contributed by atoms with Gasteiger partial charge < -0.3 is 14.5 Å². The molecule has 0 unspecified atom stereocenters. The molecule has 1 aromatic carbocycles. The smallest absolute Gasteiger partial charge is 0.414 e. The number of rotatable bonds is 5. The third-order valence-corrected chi connectivity index (χ3v) is 5.39. The van der Waals surface area contributed by atoms with Gasteiger partial charge in [0.15, 0.2) is 23.6 Å². The summed E-state index contributed by atoms with van der Waals surface area (Å²) in [4.78, 5) is 46.6. The molecule has 3 aromatic rings. The Morgan fingerprint density at radius 2 is 1.97 bits per heavy atom. The van der Waals surface area contributed by atoms with Gasteiger partial charge in [0.05, 0.1) is 7.11 Å². The van der Waals surface area contributed by atoms with Gasteiger partial charge in [-0.15, -0.1) is 0 Å². The van der Waals surface area contributed by atoms with Crippen LogP contribution in [-0.2, 0) is 4.74 Å². The maximum atomic E-state index is 12.9. The molecule has 1 aliphatic rings. The third kappa shape index (κ3) is 4.35. The Morgan fingerprint density at radius 1 is 1.27 bits per heavy atom. The minimum Gasteiger partial charge on any atom is -0.497 e. The zero-order chi connectivity index (χ0) is 23.7. The number of methoxy groups -OCH3 is 1. The van der Waals surface area contributed by atoms with Gasteiger partial charge in [-0.3, -0.25) is 18.8 Å². The first-order chi connectivity index (χ1) is 15.8. The Labute approximate surface area is 189 Å². The van der Waals surface area contributed by atoms with Crippen LogP contribution in [0.1, 0.15) is 44.6 Å². The topological polar surface area (TPSA) is 111 Å². The Hall–Kier alpha value is -4.00. The lowest BCUT2D eigenvalue weighted by molar-refractivity contribution is 0.169. The van der Waals surface area contributed by atoms with Crippen molar-refractivity contribution in [3.05, 3.63) is 50.9 Å². The molecule has 0 bridgehead atoms. The Morgan fingerprint density at radius 3 is 2.58 bits per heavy atom. The van der Waals surface area contributed by atoms with E-state index in [4.69, 9.17) is 9.47 Å². The molecule has 2 aromatic heterocycles. The number of fused-ring (bicyclic) bond motifs is 1. The van der Waals surface area contributed by atoms with Crippen LogP contribution < -0.4 is 20.9 Å². The fourth-order valence-corrected chi connectivity index (χ4v) is 3.51. The van der Waals surface area contributed by atoms with Crippen molar-refractivity contribution in [3.63, 3.8) is 0 Å². The van der Waals surface area contributed by atoms with Gasteiger partial charge in [-0.2, -0.15) is 0 Å². The molecule has 33 heavy (non-hydrogen) atoms. The number of H-pyrrole nitrogens is 1. The summed E-state index contributed by atoms with van der Waals surface area (Å²) in [5, 5.41) is 0. The van der Waals surface area contributed by atoms with Crippen molar-refractivity contribution in [2.45, 2.75) is 38.8 Å². The molecule has 1 fully saturated rings. The average Bonchev–Trinajstić information content (AvgIpc) is 3.54. The van der Waals surface area contributed by atoms with Gasteiger partial charge in [0.1, 0.15) is 5.75 Å². The van der Waals surface area contributed by atoms with Gasteiger partial charge in [-0.25, -0.2) is 14.6 Å². The van der Waals surface area contributed by atoms with Crippen LogP contribution in [-0.4, -0.2) is 46.0 Å². The Bertz CT molecular complexity index is 1370. The number of ether oxygens (including phenoxy) is 2. The van der Waals surface area contributed by atoms with Gasteiger partial charge in [0.2, 0.25) is 0 Å². The van der Waals surface area contributed by atoms with Gasteiger partial charge in [0, 0.05) is 24.8 Å². The van der Waals surface area contributed by atoms with E-state index in [0.717, 1.165) is 12.8 Å². The lowest BCUT2D eigenvalue weighted by atomic mass is 10.3. The first-order valence-electron chi connectivity index (χ1n) is 10.6. The van der Waals surface area contributed by atoms with Gasteiger partial charge in [0.25, 0.3) is 5.56 Å². The van der Waals surface area contributed by atoms with Crippen LogP contribution in [0, 0.1) is 11.8 Å². The van der Waals surface area contributed by atoms with Crippen LogP contribution >= 0.6 is 0 Å². The quantitative estimate of drug-likeness (QED) is 0.597. The van der Waals surface area contributed by atoms with Crippen LogP contribution in [0.25, 0.3) is 11.2 Å².